The molecule has 0 aliphatic carbocycles. The molecule has 1 amide bonds. The zero-order valence-corrected chi connectivity index (χ0v) is 10.5. The van der Waals surface area contributed by atoms with Gasteiger partial charge in [-0.05, 0) is 25.1 Å². The van der Waals surface area contributed by atoms with Crippen LogP contribution in [0.3, 0.4) is 0 Å². The molecule has 0 saturated heterocycles. The molecule has 0 saturated carbocycles. The fourth-order valence-electron chi connectivity index (χ4n) is 1.62. The smallest absolute Gasteiger partial charge is 0.320 e. The molecule has 0 atom stereocenters. The number of nitrogens with zero attached hydrogens (tertiary/aromatic N) is 3. The summed E-state index contributed by atoms with van der Waals surface area (Å²) in [6.45, 7) is 2.14. The lowest BCUT2D eigenvalue weighted by molar-refractivity contribution is -0.385. The first kappa shape index (κ1) is 13.7. The van der Waals surface area contributed by atoms with Gasteiger partial charge in [0.25, 0.3) is 5.91 Å². The Morgan fingerprint density at radius 1 is 1.55 bits per heavy atom. The van der Waals surface area contributed by atoms with Crippen molar-refractivity contribution in [2.45, 2.75) is 13.5 Å². The maximum absolute atomic E-state index is 13.0. The van der Waals surface area contributed by atoms with Crippen molar-refractivity contribution in [3.05, 3.63) is 52.1 Å². The first-order chi connectivity index (χ1) is 9.51. The third-order valence-electron chi connectivity index (χ3n) is 2.56. The van der Waals surface area contributed by atoms with Crippen molar-refractivity contribution in [1.82, 2.24) is 9.78 Å². The second-order valence-electron chi connectivity index (χ2n) is 3.94. The summed E-state index contributed by atoms with van der Waals surface area (Å²) in [4.78, 5) is 22.2. The van der Waals surface area contributed by atoms with Crippen molar-refractivity contribution in [1.29, 1.82) is 0 Å². The quantitative estimate of drug-likeness (QED) is 0.685. The van der Waals surface area contributed by atoms with Crippen LogP contribution in [0.5, 0.6) is 0 Å². The molecule has 8 heteroatoms. The van der Waals surface area contributed by atoms with E-state index < -0.39 is 16.6 Å². The van der Waals surface area contributed by atoms with Crippen LogP contribution in [0.4, 0.5) is 15.8 Å². The van der Waals surface area contributed by atoms with E-state index in [2.05, 4.69) is 10.4 Å². The van der Waals surface area contributed by atoms with Crippen molar-refractivity contribution >= 4 is 17.3 Å². The molecule has 7 nitrogen and oxygen atoms in total. The lowest BCUT2D eigenvalue weighted by Gasteiger charge is -2.02. The van der Waals surface area contributed by atoms with Crippen molar-refractivity contribution in [3.63, 3.8) is 0 Å². The van der Waals surface area contributed by atoms with Crippen LogP contribution in [0, 0.1) is 15.9 Å². The highest BCUT2D eigenvalue weighted by atomic mass is 19.1. The van der Waals surface area contributed by atoms with Gasteiger partial charge in [-0.1, -0.05) is 6.07 Å². The van der Waals surface area contributed by atoms with Crippen LogP contribution >= 0.6 is 0 Å². The van der Waals surface area contributed by atoms with Crippen LogP contribution in [0.15, 0.2) is 30.5 Å². The molecule has 0 fully saturated rings. The topological polar surface area (TPSA) is 90.1 Å². The zero-order valence-electron chi connectivity index (χ0n) is 10.5. The van der Waals surface area contributed by atoms with E-state index >= 15 is 0 Å². The van der Waals surface area contributed by atoms with Gasteiger partial charge in [-0.15, -0.1) is 0 Å². The number of amides is 1. The first-order valence-corrected chi connectivity index (χ1v) is 5.80. The average molecular weight is 278 g/mol. The number of nitrogens with one attached hydrogen (secondary N) is 1. The number of hydrogen-bond acceptors (Lipinski definition) is 4. The summed E-state index contributed by atoms with van der Waals surface area (Å²) in [5, 5.41) is 17.1. The van der Waals surface area contributed by atoms with Crippen molar-refractivity contribution in [3.8, 4) is 0 Å². The summed E-state index contributed by atoms with van der Waals surface area (Å²) in [5.41, 5.74) is -0.489. The summed E-state index contributed by atoms with van der Waals surface area (Å²) in [6.07, 6.45) is 1.18. The van der Waals surface area contributed by atoms with Gasteiger partial charge < -0.3 is 5.32 Å². The minimum absolute atomic E-state index is 0.204. The van der Waals surface area contributed by atoms with Gasteiger partial charge in [0, 0.05) is 12.2 Å². The molecule has 1 N–H and O–H groups in total. The average Bonchev–Trinajstić information content (AvgIpc) is 2.83. The number of aromatic nitrogens is 2. The minimum atomic E-state index is -0.755. The monoisotopic (exact) mass is 278 g/mol. The summed E-state index contributed by atoms with van der Waals surface area (Å²) in [6, 6.07) is 5.23. The lowest BCUT2D eigenvalue weighted by Crippen LogP contribution is -2.14. The van der Waals surface area contributed by atoms with Crippen molar-refractivity contribution in [2.24, 2.45) is 0 Å². The number of anilines is 1. The molecule has 2 rings (SSSR count). The van der Waals surface area contributed by atoms with Gasteiger partial charge in [-0.25, -0.2) is 4.39 Å². The molecule has 0 radical (unpaired) electrons. The van der Waals surface area contributed by atoms with Gasteiger partial charge in [0.1, 0.15) is 12.0 Å². The summed E-state index contributed by atoms with van der Waals surface area (Å²) in [5.74, 6) is -1.27. The fraction of sp³-hybridized carbons (Fsp3) is 0.167. The van der Waals surface area contributed by atoms with Crippen LogP contribution in [0.1, 0.15) is 17.4 Å². The van der Waals surface area contributed by atoms with Gasteiger partial charge >= 0.3 is 5.69 Å². The van der Waals surface area contributed by atoms with E-state index in [0.29, 0.717) is 6.54 Å². The highest BCUT2D eigenvalue weighted by molar-refractivity contribution is 6.05. The van der Waals surface area contributed by atoms with E-state index in [4.69, 9.17) is 0 Å². The van der Waals surface area contributed by atoms with E-state index in [-0.39, 0.29) is 17.1 Å². The molecule has 104 valence electrons. The Balaban J connectivity index is 2.29. The Hall–Kier alpha value is -2.77. The number of carbonyl (C=O) groups excluding carboxylic acids is 1. The minimum Gasteiger partial charge on any atom is -0.320 e. The number of aryl methyl sites for hydroxylation is 1. The highest BCUT2D eigenvalue weighted by Crippen LogP contribution is 2.18. The Morgan fingerprint density at radius 3 is 2.90 bits per heavy atom. The molecule has 1 aromatic heterocycles. The van der Waals surface area contributed by atoms with Crippen LogP contribution in [0.25, 0.3) is 0 Å². The van der Waals surface area contributed by atoms with E-state index in [9.17, 15) is 19.3 Å². The van der Waals surface area contributed by atoms with E-state index in [1.165, 1.54) is 29.1 Å². The summed E-state index contributed by atoms with van der Waals surface area (Å²) in [7, 11) is 0. The number of rotatable bonds is 4. The Bertz CT molecular complexity index is 668. The van der Waals surface area contributed by atoms with Crippen molar-refractivity contribution in [2.75, 3.05) is 5.32 Å². The molecule has 1 aromatic carbocycles. The zero-order chi connectivity index (χ0) is 14.7. The number of carbonyl (C=O) groups is 1. The molecule has 1 heterocycles. The van der Waals surface area contributed by atoms with E-state index in [0.717, 1.165) is 6.07 Å². The molecule has 0 aliphatic heterocycles. The van der Waals surface area contributed by atoms with Crippen LogP contribution in [0.2, 0.25) is 0 Å². The van der Waals surface area contributed by atoms with E-state index in [1.54, 1.807) is 6.92 Å². The van der Waals surface area contributed by atoms with E-state index in [1.807, 2.05) is 0 Å². The summed E-state index contributed by atoms with van der Waals surface area (Å²) >= 11 is 0. The third kappa shape index (κ3) is 2.79. The lowest BCUT2D eigenvalue weighted by atomic mass is 10.3. The number of hydrogen-bond donors (Lipinski definition) is 1. The normalized spacial score (nSPS) is 10.3. The van der Waals surface area contributed by atoms with Gasteiger partial charge in [0.05, 0.1) is 4.92 Å². The number of halogens is 1. The Morgan fingerprint density at radius 2 is 2.30 bits per heavy atom. The van der Waals surface area contributed by atoms with Crippen molar-refractivity contribution < 1.29 is 14.1 Å². The third-order valence-corrected chi connectivity index (χ3v) is 2.56. The predicted octanol–water partition coefficient (Wildman–Crippen LogP) is 2.20. The molecule has 2 aromatic rings. The predicted molar refractivity (Wildman–Crippen MR) is 68.9 cm³/mol. The second-order valence-corrected chi connectivity index (χ2v) is 3.94. The Kier molecular flexibility index (Phi) is 3.74. The second kappa shape index (κ2) is 5.47. The van der Waals surface area contributed by atoms with Crippen LogP contribution < -0.4 is 5.32 Å². The largest absolute Gasteiger partial charge is 0.320 e. The SMILES string of the molecule is CCn1cc([N+](=O)[O-])c(C(=O)Nc2cccc(F)c2)n1. The maximum Gasteiger partial charge on any atom is 0.320 e. The van der Waals surface area contributed by atoms with Gasteiger partial charge in [-0.2, -0.15) is 5.10 Å². The molecule has 0 spiro atoms. The standard InChI is InChI=1S/C12H11FN4O3/c1-2-16-7-10(17(19)20)11(15-16)12(18)14-9-5-3-4-8(13)6-9/h3-7H,2H2,1H3,(H,14,18). The van der Waals surface area contributed by atoms with Crippen LogP contribution in [-0.2, 0) is 6.54 Å². The molecular formula is C12H11FN4O3. The molecule has 0 aliphatic rings. The maximum atomic E-state index is 13.0. The fourth-order valence-corrected chi connectivity index (χ4v) is 1.62. The molecule has 0 unspecified atom stereocenters. The molecule has 0 bridgehead atoms. The Labute approximate surface area is 113 Å². The summed E-state index contributed by atoms with van der Waals surface area (Å²) < 4.78 is 14.3. The number of nitro groups is 1. The van der Waals surface area contributed by atoms with Gasteiger partial charge in [0.2, 0.25) is 5.69 Å². The van der Waals surface area contributed by atoms with Crippen LogP contribution in [-0.4, -0.2) is 20.6 Å². The van der Waals surface area contributed by atoms with Gasteiger partial charge in [-0.3, -0.25) is 19.6 Å². The first-order valence-electron chi connectivity index (χ1n) is 5.80. The molecule has 20 heavy (non-hydrogen) atoms. The number of benzene rings is 1. The highest BCUT2D eigenvalue weighted by Gasteiger charge is 2.25. The molecular weight excluding hydrogens is 267 g/mol. The van der Waals surface area contributed by atoms with Gasteiger partial charge in [0.15, 0.2) is 0 Å².